The van der Waals surface area contributed by atoms with Gasteiger partial charge in [0.2, 0.25) is 11.8 Å². The van der Waals surface area contributed by atoms with Crippen LogP contribution in [-0.2, 0) is 14.4 Å². The second-order valence-corrected chi connectivity index (χ2v) is 7.87. The number of hydrogen-bond acceptors (Lipinski definition) is 6. The first-order valence-electron chi connectivity index (χ1n) is 9.48. The molecule has 1 atom stereocenters. The second-order valence-electron chi connectivity index (χ2n) is 6.62. The number of carbonyl (C=O) groups is 5. The molecule has 1 fully saturated rings. The molecule has 0 spiro atoms. The highest BCUT2D eigenvalue weighted by atomic mass is 127. The molecule has 2 aromatic carbocycles. The summed E-state index contributed by atoms with van der Waals surface area (Å²) in [5.41, 5.74) is 3.34. The maximum Gasteiger partial charge on any atom is 0.335 e. The Hall–Kier alpha value is -3.61. The number of amides is 6. The highest BCUT2D eigenvalue weighted by Crippen LogP contribution is 2.21. The van der Waals surface area contributed by atoms with Crippen LogP contribution in [0.4, 0.5) is 16.2 Å². The quantitative estimate of drug-likeness (QED) is 0.221. The normalized spacial score (nSPS) is 16.1. The summed E-state index contributed by atoms with van der Waals surface area (Å²) in [5.74, 6) is -3.74. The molecule has 1 saturated heterocycles. The number of nitrogens with one attached hydrogen (secondary N) is 3. The fraction of sp³-hybridized carbons (Fsp3) is 0.143. The van der Waals surface area contributed by atoms with Gasteiger partial charge in [-0.05, 0) is 71.1 Å². The molecule has 0 aromatic heterocycles. The molecule has 11 heteroatoms. The Morgan fingerprint density at radius 1 is 1.09 bits per heavy atom. The molecule has 6 amide bonds. The number of benzene rings is 2. The predicted octanol–water partition coefficient (Wildman–Crippen LogP) is 2.25. The third kappa shape index (κ3) is 5.35. The van der Waals surface area contributed by atoms with Crippen molar-refractivity contribution in [3.8, 4) is 0 Å². The first kappa shape index (κ1) is 23.1. The average molecular weight is 547 g/mol. The number of rotatable bonds is 6. The summed E-state index contributed by atoms with van der Waals surface area (Å²) in [5, 5.41) is 8.48. The van der Waals surface area contributed by atoms with E-state index in [-0.39, 0.29) is 11.5 Å². The molecule has 164 valence electrons. The first-order valence-corrected chi connectivity index (χ1v) is 10.6. The Kier molecular flexibility index (Phi) is 7.30. The maximum atomic E-state index is 12.7. The summed E-state index contributed by atoms with van der Waals surface area (Å²) >= 11 is 2.08. The molecule has 0 bridgehead atoms. The van der Waals surface area contributed by atoms with Crippen LogP contribution in [0.15, 0.2) is 53.6 Å². The number of imide groups is 2. The molecular weight excluding hydrogens is 529 g/mol. The number of nitrogens with zero attached hydrogens (tertiary/aromatic N) is 2. The summed E-state index contributed by atoms with van der Waals surface area (Å²) < 4.78 is 0.911. The van der Waals surface area contributed by atoms with Gasteiger partial charge >= 0.3 is 6.03 Å². The number of anilines is 2. The van der Waals surface area contributed by atoms with Crippen molar-refractivity contribution in [2.24, 2.45) is 11.0 Å². The van der Waals surface area contributed by atoms with Crippen molar-refractivity contribution in [1.29, 1.82) is 0 Å². The van der Waals surface area contributed by atoms with Gasteiger partial charge in [-0.1, -0.05) is 6.92 Å². The molecule has 1 heterocycles. The Morgan fingerprint density at radius 3 is 2.38 bits per heavy atom. The van der Waals surface area contributed by atoms with Crippen molar-refractivity contribution in [2.45, 2.75) is 13.3 Å². The van der Waals surface area contributed by atoms with E-state index in [0.29, 0.717) is 17.8 Å². The standard InChI is InChI=1S/C21H18IN5O5/c1-2-17(28)24-14-7-3-12(4-8-14)18(29)26-23-11-16-19(30)25-21(32)27(20(16)31)15-9-5-13(22)6-10-15/h3-11,16H,2H2,1H3,(H,24,28)(H,26,29)(H,25,30,32)/b23-11-/t16-/m0/s1. The molecule has 10 nitrogen and oxygen atoms in total. The van der Waals surface area contributed by atoms with Gasteiger partial charge in [0.1, 0.15) is 0 Å². The minimum atomic E-state index is -1.39. The van der Waals surface area contributed by atoms with Gasteiger partial charge in [-0.2, -0.15) is 5.10 Å². The van der Waals surface area contributed by atoms with Crippen LogP contribution in [-0.4, -0.2) is 35.9 Å². The van der Waals surface area contributed by atoms with Gasteiger partial charge in [-0.15, -0.1) is 0 Å². The Bertz CT molecular complexity index is 1100. The highest BCUT2D eigenvalue weighted by Gasteiger charge is 2.40. The monoisotopic (exact) mass is 547 g/mol. The van der Waals surface area contributed by atoms with Gasteiger partial charge in [-0.3, -0.25) is 24.5 Å². The second kappa shape index (κ2) is 10.1. The van der Waals surface area contributed by atoms with Gasteiger partial charge in [0.05, 0.1) is 5.69 Å². The molecule has 0 radical (unpaired) electrons. The van der Waals surface area contributed by atoms with Crippen molar-refractivity contribution < 1.29 is 24.0 Å². The zero-order chi connectivity index (χ0) is 23.3. The van der Waals surface area contributed by atoms with Crippen molar-refractivity contribution >= 4 is 69.8 Å². The van der Waals surface area contributed by atoms with Gasteiger partial charge in [-0.25, -0.2) is 15.1 Å². The summed E-state index contributed by atoms with van der Waals surface area (Å²) in [6.45, 7) is 1.72. The fourth-order valence-corrected chi connectivity index (χ4v) is 3.11. The first-order chi connectivity index (χ1) is 15.3. The predicted molar refractivity (Wildman–Crippen MR) is 125 cm³/mol. The van der Waals surface area contributed by atoms with E-state index in [0.717, 1.165) is 14.7 Å². The van der Waals surface area contributed by atoms with E-state index >= 15 is 0 Å². The minimum absolute atomic E-state index is 0.153. The minimum Gasteiger partial charge on any atom is -0.326 e. The van der Waals surface area contributed by atoms with Crippen molar-refractivity contribution in [1.82, 2.24) is 10.7 Å². The number of carbonyl (C=O) groups excluding carboxylic acids is 5. The summed E-state index contributed by atoms with van der Waals surface area (Å²) in [4.78, 5) is 61.5. The Labute approximate surface area is 196 Å². The third-order valence-electron chi connectivity index (χ3n) is 4.43. The van der Waals surface area contributed by atoms with E-state index < -0.39 is 29.7 Å². The van der Waals surface area contributed by atoms with Crippen LogP contribution >= 0.6 is 22.6 Å². The lowest BCUT2D eigenvalue weighted by atomic mass is 10.1. The molecule has 3 rings (SSSR count). The lowest BCUT2D eigenvalue weighted by molar-refractivity contribution is -0.131. The zero-order valence-electron chi connectivity index (χ0n) is 16.8. The van der Waals surface area contributed by atoms with Crippen LogP contribution < -0.4 is 21.0 Å². The van der Waals surface area contributed by atoms with E-state index in [1.807, 2.05) is 0 Å². The SMILES string of the molecule is CCC(=O)Nc1ccc(C(=O)N/N=C\[C@H]2C(=O)NC(=O)N(c3ccc(I)cc3)C2=O)cc1. The number of hydrogen-bond donors (Lipinski definition) is 3. The molecule has 32 heavy (non-hydrogen) atoms. The lowest BCUT2D eigenvalue weighted by Gasteiger charge is -2.28. The highest BCUT2D eigenvalue weighted by molar-refractivity contribution is 14.1. The van der Waals surface area contributed by atoms with E-state index in [4.69, 9.17) is 0 Å². The van der Waals surface area contributed by atoms with Gasteiger partial charge < -0.3 is 5.32 Å². The van der Waals surface area contributed by atoms with E-state index in [1.165, 1.54) is 12.1 Å². The molecule has 1 aliphatic rings. The van der Waals surface area contributed by atoms with Crippen LogP contribution in [0, 0.1) is 9.49 Å². The lowest BCUT2D eigenvalue weighted by Crippen LogP contribution is -2.58. The molecule has 3 N–H and O–H groups in total. The molecule has 1 aliphatic heterocycles. The smallest absolute Gasteiger partial charge is 0.326 e. The number of barbiturate groups is 1. The average Bonchev–Trinajstić information content (AvgIpc) is 2.77. The number of halogens is 1. The van der Waals surface area contributed by atoms with E-state index in [2.05, 4.69) is 43.8 Å². The van der Waals surface area contributed by atoms with Crippen molar-refractivity contribution in [2.75, 3.05) is 10.2 Å². The number of hydrazone groups is 1. The van der Waals surface area contributed by atoms with Gasteiger partial charge in [0, 0.05) is 27.5 Å². The van der Waals surface area contributed by atoms with Crippen molar-refractivity contribution in [3.63, 3.8) is 0 Å². The van der Waals surface area contributed by atoms with Crippen LogP contribution in [0.25, 0.3) is 0 Å². The summed E-state index contributed by atoms with van der Waals surface area (Å²) in [6, 6.07) is 11.9. The Balaban J connectivity index is 1.67. The van der Waals surface area contributed by atoms with Crippen LogP contribution in [0.2, 0.25) is 0 Å². The molecule has 0 aliphatic carbocycles. The van der Waals surface area contributed by atoms with E-state index in [1.54, 1.807) is 43.3 Å². The molecule has 0 unspecified atom stereocenters. The van der Waals surface area contributed by atoms with Gasteiger partial charge in [0.15, 0.2) is 5.92 Å². The van der Waals surface area contributed by atoms with Crippen molar-refractivity contribution in [3.05, 3.63) is 57.7 Å². The number of urea groups is 1. The fourth-order valence-electron chi connectivity index (χ4n) is 2.75. The molecule has 2 aromatic rings. The third-order valence-corrected chi connectivity index (χ3v) is 5.15. The summed E-state index contributed by atoms with van der Waals surface area (Å²) in [7, 11) is 0. The van der Waals surface area contributed by atoms with E-state index in [9.17, 15) is 24.0 Å². The Morgan fingerprint density at radius 2 is 1.75 bits per heavy atom. The summed E-state index contributed by atoms with van der Waals surface area (Å²) in [6.07, 6.45) is 1.30. The zero-order valence-corrected chi connectivity index (χ0v) is 19.0. The topological polar surface area (TPSA) is 137 Å². The molecule has 0 saturated carbocycles. The largest absolute Gasteiger partial charge is 0.335 e. The van der Waals surface area contributed by atoms with Crippen LogP contribution in [0.3, 0.4) is 0 Å². The maximum absolute atomic E-state index is 12.7. The van der Waals surface area contributed by atoms with Crippen LogP contribution in [0.1, 0.15) is 23.7 Å². The van der Waals surface area contributed by atoms with Crippen LogP contribution in [0.5, 0.6) is 0 Å². The van der Waals surface area contributed by atoms with Gasteiger partial charge in [0.25, 0.3) is 11.8 Å². The molecular formula is C21H18IN5O5.